The number of H-pyrrole nitrogens is 1. The lowest BCUT2D eigenvalue weighted by atomic mass is 10.1. The van der Waals surface area contributed by atoms with Crippen LogP contribution in [0.25, 0.3) is 10.9 Å². The lowest BCUT2D eigenvalue weighted by Crippen LogP contribution is -2.35. The smallest absolute Gasteiger partial charge is 0.328 e. The second kappa shape index (κ2) is 5.89. The van der Waals surface area contributed by atoms with Gasteiger partial charge in [-0.1, -0.05) is 30.3 Å². The van der Waals surface area contributed by atoms with E-state index in [1.807, 2.05) is 24.3 Å². The largest absolute Gasteiger partial charge is 0.496 e. The average Bonchev–Trinajstić information content (AvgIpc) is 2.55. The van der Waals surface area contributed by atoms with Crippen molar-refractivity contribution in [2.24, 2.45) is 0 Å². The highest BCUT2D eigenvalue weighted by molar-refractivity contribution is 5.76. The van der Waals surface area contributed by atoms with Crippen molar-refractivity contribution < 1.29 is 4.74 Å². The minimum absolute atomic E-state index is 0.269. The molecular formula is C17H16N2O3. The molecule has 0 aliphatic heterocycles. The zero-order valence-corrected chi connectivity index (χ0v) is 12.2. The Bertz CT molecular complexity index is 925. The Kier molecular flexibility index (Phi) is 3.78. The normalized spacial score (nSPS) is 10.8. The maximum atomic E-state index is 12.4. The first kappa shape index (κ1) is 14.1. The third kappa shape index (κ3) is 2.53. The monoisotopic (exact) mass is 296 g/mol. The van der Waals surface area contributed by atoms with E-state index in [0.29, 0.717) is 23.9 Å². The van der Waals surface area contributed by atoms with Gasteiger partial charge in [0.15, 0.2) is 0 Å². The van der Waals surface area contributed by atoms with Crippen molar-refractivity contribution in [1.29, 1.82) is 0 Å². The highest BCUT2D eigenvalue weighted by Gasteiger charge is 2.08. The Morgan fingerprint density at radius 1 is 1.05 bits per heavy atom. The summed E-state index contributed by atoms with van der Waals surface area (Å²) < 4.78 is 6.52. The molecule has 0 radical (unpaired) electrons. The van der Waals surface area contributed by atoms with Gasteiger partial charge in [0.05, 0.1) is 18.0 Å². The fourth-order valence-corrected chi connectivity index (χ4v) is 2.54. The number of ether oxygens (including phenoxy) is 1. The molecule has 0 bridgehead atoms. The van der Waals surface area contributed by atoms with Crippen molar-refractivity contribution in [1.82, 2.24) is 9.55 Å². The summed E-state index contributed by atoms with van der Waals surface area (Å²) in [7, 11) is 1.60. The zero-order valence-electron chi connectivity index (χ0n) is 12.2. The lowest BCUT2D eigenvalue weighted by Gasteiger charge is -2.09. The summed E-state index contributed by atoms with van der Waals surface area (Å²) in [6.07, 6.45) is 0.547. The number of benzene rings is 2. The number of aromatic nitrogens is 2. The predicted octanol–water partition coefficient (Wildman–Crippen LogP) is 1.94. The first-order valence-corrected chi connectivity index (χ1v) is 7.04. The number of nitrogens with one attached hydrogen (secondary N) is 1. The molecule has 3 aromatic rings. The van der Waals surface area contributed by atoms with Crippen molar-refractivity contribution in [3.8, 4) is 5.75 Å². The maximum absolute atomic E-state index is 12.4. The van der Waals surface area contributed by atoms with Gasteiger partial charge in [0, 0.05) is 6.54 Å². The number of hydrogen-bond donors (Lipinski definition) is 1. The molecule has 112 valence electrons. The van der Waals surface area contributed by atoms with Gasteiger partial charge in [-0.3, -0.25) is 9.36 Å². The van der Waals surface area contributed by atoms with Crippen LogP contribution in [0.2, 0.25) is 0 Å². The highest BCUT2D eigenvalue weighted by atomic mass is 16.5. The second-order valence-electron chi connectivity index (χ2n) is 4.99. The van der Waals surface area contributed by atoms with E-state index in [4.69, 9.17) is 4.74 Å². The molecule has 5 heteroatoms. The molecule has 0 atom stereocenters. The molecule has 1 heterocycles. The third-order valence-electron chi connectivity index (χ3n) is 3.69. The van der Waals surface area contributed by atoms with Gasteiger partial charge in [-0.15, -0.1) is 0 Å². The summed E-state index contributed by atoms with van der Waals surface area (Å²) in [6.45, 7) is 0.305. The molecule has 22 heavy (non-hydrogen) atoms. The Morgan fingerprint density at radius 2 is 1.77 bits per heavy atom. The minimum atomic E-state index is -0.390. The van der Waals surface area contributed by atoms with E-state index in [9.17, 15) is 9.59 Å². The standard InChI is InChI=1S/C17H16N2O3/c1-22-15-9-5-2-6-12(15)10-11-19-16(20)13-7-3-4-8-14(13)18-17(19)21/h2-9H,10-11H2,1H3,(H,18,21). The number of nitrogens with zero attached hydrogens (tertiary/aromatic N) is 1. The summed E-state index contributed by atoms with van der Waals surface area (Å²) in [5.41, 5.74) is 0.864. The highest BCUT2D eigenvalue weighted by Crippen LogP contribution is 2.17. The van der Waals surface area contributed by atoms with Crippen LogP contribution in [0.5, 0.6) is 5.75 Å². The first-order valence-electron chi connectivity index (χ1n) is 7.04. The van der Waals surface area contributed by atoms with Gasteiger partial charge >= 0.3 is 5.69 Å². The van der Waals surface area contributed by atoms with Crippen LogP contribution in [-0.2, 0) is 13.0 Å². The zero-order chi connectivity index (χ0) is 15.5. The number of para-hydroxylation sites is 2. The van der Waals surface area contributed by atoms with Crippen LogP contribution in [0.3, 0.4) is 0 Å². The molecule has 0 saturated carbocycles. The van der Waals surface area contributed by atoms with Crippen LogP contribution in [0.4, 0.5) is 0 Å². The summed E-state index contributed by atoms with van der Waals surface area (Å²) >= 11 is 0. The molecule has 0 amide bonds. The van der Waals surface area contributed by atoms with Crippen LogP contribution in [0, 0.1) is 0 Å². The number of methoxy groups -OCH3 is 1. The Morgan fingerprint density at radius 3 is 2.59 bits per heavy atom. The fraction of sp³-hybridized carbons (Fsp3) is 0.176. The summed E-state index contributed by atoms with van der Waals surface area (Å²) in [4.78, 5) is 27.3. The minimum Gasteiger partial charge on any atom is -0.496 e. The Labute approximate surface area is 126 Å². The van der Waals surface area contributed by atoms with Gasteiger partial charge < -0.3 is 9.72 Å². The van der Waals surface area contributed by atoms with Crippen molar-refractivity contribution in [2.45, 2.75) is 13.0 Å². The first-order chi connectivity index (χ1) is 10.7. The molecule has 3 rings (SSSR count). The summed E-state index contributed by atoms with van der Waals surface area (Å²) in [6, 6.07) is 14.6. The fourth-order valence-electron chi connectivity index (χ4n) is 2.54. The topological polar surface area (TPSA) is 64.1 Å². The molecule has 1 aromatic heterocycles. The molecule has 2 aromatic carbocycles. The average molecular weight is 296 g/mol. The second-order valence-corrected chi connectivity index (χ2v) is 4.99. The van der Waals surface area contributed by atoms with Crippen LogP contribution in [-0.4, -0.2) is 16.7 Å². The van der Waals surface area contributed by atoms with Gasteiger partial charge in [-0.2, -0.15) is 0 Å². The van der Waals surface area contributed by atoms with E-state index in [2.05, 4.69) is 4.98 Å². The van der Waals surface area contributed by atoms with E-state index in [1.54, 1.807) is 31.4 Å². The van der Waals surface area contributed by atoms with E-state index >= 15 is 0 Å². The van der Waals surface area contributed by atoms with E-state index in [0.717, 1.165) is 11.3 Å². The lowest BCUT2D eigenvalue weighted by molar-refractivity contribution is 0.408. The van der Waals surface area contributed by atoms with Crippen molar-refractivity contribution >= 4 is 10.9 Å². The van der Waals surface area contributed by atoms with Crippen LogP contribution in [0.1, 0.15) is 5.56 Å². The molecule has 0 aliphatic rings. The van der Waals surface area contributed by atoms with Crippen molar-refractivity contribution in [3.05, 3.63) is 74.9 Å². The van der Waals surface area contributed by atoms with E-state index < -0.39 is 5.69 Å². The quantitative estimate of drug-likeness (QED) is 0.800. The number of fused-ring (bicyclic) bond motifs is 1. The van der Waals surface area contributed by atoms with Crippen molar-refractivity contribution in [2.75, 3.05) is 7.11 Å². The Balaban J connectivity index is 1.98. The van der Waals surface area contributed by atoms with Gasteiger partial charge in [0.1, 0.15) is 5.75 Å². The molecule has 1 N–H and O–H groups in total. The van der Waals surface area contributed by atoms with Gasteiger partial charge in [0.25, 0.3) is 5.56 Å². The predicted molar refractivity (Wildman–Crippen MR) is 85.5 cm³/mol. The van der Waals surface area contributed by atoms with E-state index in [1.165, 1.54) is 4.57 Å². The molecular weight excluding hydrogens is 280 g/mol. The number of hydrogen-bond acceptors (Lipinski definition) is 3. The van der Waals surface area contributed by atoms with Crippen molar-refractivity contribution in [3.63, 3.8) is 0 Å². The van der Waals surface area contributed by atoms with Gasteiger partial charge in [-0.25, -0.2) is 4.79 Å². The number of aromatic amines is 1. The molecule has 0 saturated heterocycles. The maximum Gasteiger partial charge on any atom is 0.328 e. The van der Waals surface area contributed by atoms with Crippen LogP contribution >= 0.6 is 0 Å². The SMILES string of the molecule is COc1ccccc1CCn1c(=O)[nH]c2ccccc2c1=O. The van der Waals surface area contributed by atoms with Gasteiger partial charge in [0.2, 0.25) is 0 Å². The van der Waals surface area contributed by atoms with Gasteiger partial charge in [-0.05, 0) is 30.2 Å². The van der Waals surface area contributed by atoms with E-state index in [-0.39, 0.29) is 5.56 Å². The molecule has 0 fully saturated rings. The third-order valence-corrected chi connectivity index (χ3v) is 3.69. The molecule has 0 unspecified atom stereocenters. The molecule has 0 aliphatic carbocycles. The van der Waals surface area contributed by atoms with Crippen LogP contribution in [0.15, 0.2) is 58.1 Å². The molecule has 0 spiro atoms. The Hall–Kier alpha value is -2.82. The summed E-state index contributed by atoms with van der Waals surface area (Å²) in [5, 5.41) is 0.516. The number of aryl methyl sites for hydroxylation is 1. The number of rotatable bonds is 4. The van der Waals surface area contributed by atoms with Crippen LogP contribution < -0.4 is 16.0 Å². The molecule has 5 nitrogen and oxygen atoms in total. The summed E-state index contributed by atoms with van der Waals surface area (Å²) in [5.74, 6) is 0.757.